The molecule has 0 atom stereocenters. The van der Waals surface area contributed by atoms with Gasteiger partial charge in [0.2, 0.25) is 0 Å². The second-order valence-corrected chi connectivity index (χ2v) is 7.65. The summed E-state index contributed by atoms with van der Waals surface area (Å²) >= 11 is 2.20. The van der Waals surface area contributed by atoms with Crippen LogP contribution in [-0.2, 0) is 9.59 Å². The number of hydrogen-bond acceptors (Lipinski definition) is 3. The summed E-state index contributed by atoms with van der Waals surface area (Å²) in [6, 6.07) is 15.4. The van der Waals surface area contributed by atoms with Gasteiger partial charge >= 0.3 is 0 Å². The molecule has 2 aliphatic rings. The van der Waals surface area contributed by atoms with E-state index in [1.807, 2.05) is 48.5 Å². The number of carbonyl (C=O) groups is 2. The van der Waals surface area contributed by atoms with E-state index in [1.165, 1.54) is 23.5 Å². The molecule has 6 heteroatoms. The zero-order valence-corrected chi connectivity index (χ0v) is 16.3. The fourth-order valence-corrected chi connectivity index (χ4v) is 3.61. The van der Waals surface area contributed by atoms with E-state index < -0.39 is 0 Å². The molecule has 0 spiro atoms. The van der Waals surface area contributed by atoms with E-state index in [4.69, 9.17) is 0 Å². The van der Waals surface area contributed by atoms with Crippen LogP contribution in [0.3, 0.4) is 0 Å². The molecule has 1 N–H and O–H groups in total. The van der Waals surface area contributed by atoms with Crippen LogP contribution in [0.25, 0.3) is 6.08 Å². The lowest BCUT2D eigenvalue weighted by atomic mass is 10.1. The highest BCUT2D eigenvalue weighted by Crippen LogP contribution is 2.24. The third-order valence-electron chi connectivity index (χ3n) is 4.65. The summed E-state index contributed by atoms with van der Waals surface area (Å²) in [6.45, 7) is 2.18. The lowest BCUT2D eigenvalue weighted by molar-refractivity contribution is -0.117. The minimum Gasteiger partial charge on any atom is -0.372 e. The van der Waals surface area contributed by atoms with Gasteiger partial charge in [-0.1, -0.05) is 12.1 Å². The number of hydrazine groups is 1. The molecule has 0 saturated carbocycles. The average Bonchev–Trinajstić information content (AvgIpc) is 3.28. The first-order valence-corrected chi connectivity index (χ1v) is 9.67. The maximum Gasteiger partial charge on any atom is 0.282 e. The molecule has 2 aliphatic heterocycles. The third kappa shape index (κ3) is 3.33. The number of benzene rings is 2. The molecule has 26 heavy (non-hydrogen) atoms. The molecule has 132 valence electrons. The summed E-state index contributed by atoms with van der Waals surface area (Å²) in [5.74, 6) is -0.711. The van der Waals surface area contributed by atoms with Crippen LogP contribution in [0.4, 0.5) is 11.4 Å². The van der Waals surface area contributed by atoms with Gasteiger partial charge in [-0.15, -0.1) is 0 Å². The summed E-state index contributed by atoms with van der Waals surface area (Å²) in [4.78, 5) is 27.3. The van der Waals surface area contributed by atoms with Crippen molar-refractivity contribution in [3.8, 4) is 0 Å². The minimum atomic E-state index is -0.378. The number of hydrogen-bond donors (Lipinski definition) is 1. The fraction of sp³-hybridized carbons (Fsp3) is 0.200. The van der Waals surface area contributed by atoms with Crippen molar-refractivity contribution in [3.05, 3.63) is 63.2 Å². The van der Waals surface area contributed by atoms with Gasteiger partial charge < -0.3 is 4.90 Å². The van der Waals surface area contributed by atoms with E-state index in [9.17, 15) is 9.59 Å². The van der Waals surface area contributed by atoms with Crippen LogP contribution in [0.2, 0.25) is 0 Å². The molecular formula is C20H18IN3O2. The van der Waals surface area contributed by atoms with Gasteiger partial charge in [-0.25, -0.2) is 5.01 Å². The Bertz CT molecular complexity index is 869. The van der Waals surface area contributed by atoms with Crippen LogP contribution in [0.1, 0.15) is 18.4 Å². The number of rotatable bonds is 3. The Morgan fingerprint density at radius 1 is 0.885 bits per heavy atom. The molecule has 2 saturated heterocycles. The predicted octanol–water partition coefficient (Wildman–Crippen LogP) is 3.35. The summed E-state index contributed by atoms with van der Waals surface area (Å²) < 4.78 is 1.07. The Balaban J connectivity index is 1.55. The Labute approximate surface area is 165 Å². The van der Waals surface area contributed by atoms with Crippen LogP contribution in [-0.4, -0.2) is 24.9 Å². The molecule has 4 rings (SSSR count). The molecule has 0 bridgehead atoms. The predicted molar refractivity (Wildman–Crippen MR) is 111 cm³/mol. The van der Waals surface area contributed by atoms with Gasteiger partial charge in [-0.05, 0) is 83.5 Å². The Morgan fingerprint density at radius 2 is 1.50 bits per heavy atom. The van der Waals surface area contributed by atoms with Crippen molar-refractivity contribution in [2.24, 2.45) is 0 Å². The van der Waals surface area contributed by atoms with Crippen molar-refractivity contribution in [1.29, 1.82) is 0 Å². The molecule has 0 aliphatic carbocycles. The number of halogens is 1. The van der Waals surface area contributed by atoms with Crippen LogP contribution < -0.4 is 15.3 Å². The molecule has 2 aromatic rings. The van der Waals surface area contributed by atoms with Crippen molar-refractivity contribution < 1.29 is 9.59 Å². The second kappa shape index (κ2) is 7.11. The third-order valence-corrected chi connectivity index (χ3v) is 5.37. The number of nitrogens with one attached hydrogen (secondary N) is 1. The van der Waals surface area contributed by atoms with Gasteiger partial charge in [0.25, 0.3) is 11.8 Å². The Kier molecular flexibility index (Phi) is 4.67. The summed E-state index contributed by atoms with van der Waals surface area (Å²) in [7, 11) is 0. The molecule has 2 amide bonds. The van der Waals surface area contributed by atoms with E-state index in [0.29, 0.717) is 5.69 Å². The first-order valence-electron chi connectivity index (χ1n) is 8.59. The van der Waals surface area contributed by atoms with Crippen LogP contribution in [0, 0.1) is 3.57 Å². The van der Waals surface area contributed by atoms with Crippen LogP contribution >= 0.6 is 22.6 Å². The molecule has 0 aromatic heterocycles. The van der Waals surface area contributed by atoms with Crippen LogP contribution in [0.15, 0.2) is 54.1 Å². The summed E-state index contributed by atoms with van der Waals surface area (Å²) in [6.07, 6.45) is 4.11. The second-order valence-electron chi connectivity index (χ2n) is 6.40. The first kappa shape index (κ1) is 17.1. The molecule has 0 unspecified atom stereocenters. The lowest BCUT2D eigenvalue weighted by Crippen LogP contribution is -2.35. The monoisotopic (exact) mass is 459 g/mol. The van der Waals surface area contributed by atoms with Crippen molar-refractivity contribution in [2.75, 3.05) is 23.0 Å². The fourth-order valence-electron chi connectivity index (χ4n) is 3.25. The van der Waals surface area contributed by atoms with Gasteiger partial charge in [-0.3, -0.25) is 15.0 Å². The quantitative estimate of drug-likeness (QED) is 0.435. The van der Waals surface area contributed by atoms with Crippen LogP contribution in [0.5, 0.6) is 0 Å². The normalized spacial score (nSPS) is 18.7. The molecule has 2 aromatic carbocycles. The van der Waals surface area contributed by atoms with Crippen molar-refractivity contribution in [3.63, 3.8) is 0 Å². The SMILES string of the molecule is O=C1NN(c2ccc(I)cc2)C(=O)C1=Cc1ccc(N2CCCC2)cc1. The highest BCUT2D eigenvalue weighted by Gasteiger charge is 2.34. The molecule has 0 radical (unpaired) electrons. The van der Waals surface area contributed by atoms with E-state index in [2.05, 4.69) is 32.9 Å². The Morgan fingerprint density at radius 3 is 2.15 bits per heavy atom. The van der Waals surface area contributed by atoms with Crippen molar-refractivity contribution in [1.82, 2.24) is 5.43 Å². The van der Waals surface area contributed by atoms with Gasteiger partial charge in [0.15, 0.2) is 0 Å². The number of anilines is 2. The number of amides is 2. The molecule has 2 fully saturated rings. The smallest absolute Gasteiger partial charge is 0.282 e. The summed E-state index contributed by atoms with van der Waals surface area (Å²) in [5.41, 5.74) is 5.46. The summed E-state index contributed by atoms with van der Waals surface area (Å²) in [5, 5.41) is 1.29. The maximum absolute atomic E-state index is 12.6. The average molecular weight is 459 g/mol. The number of carbonyl (C=O) groups excluding carboxylic acids is 2. The van der Waals surface area contributed by atoms with Gasteiger partial charge in [0.1, 0.15) is 5.57 Å². The van der Waals surface area contributed by atoms with E-state index in [1.54, 1.807) is 6.08 Å². The van der Waals surface area contributed by atoms with Crippen molar-refractivity contribution in [2.45, 2.75) is 12.8 Å². The topological polar surface area (TPSA) is 52.7 Å². The van der Waals surface area contributed by atoms with E-state index in [0.717, 1.165) is 22.2 Å². The van der Waals surface area contributed by atoms with Gasteiger partial charge in [-0.2, -0.15) is 0 Å². The van der Waals surface area contributed by atoms with Crippen molar-refractivity contribution >= 4 is 51.9 Å². The highest BCUT2D eigenvalue weighted by molar-refractivity contribution is 14.1. The van der Waals surface area contributed by atoms with E-state index in [-0.39, 0.29) is 17.4 Å². The first-order chi connectivity index (χ1) is 12.6. The zero-order chi connectivity index (χ0) is 18.1. The van der Waals surface area contributed by atoms with E-state index >= 15 is 0 Å². The largest absolute Gasteiger partial charge is 0.372 e. The number of nitrogens with zero attached hydrogens (tertiary/aromatic N) is 2. The minimum absolute atomic E-state index is 0.150. The highest BCUT2D eigenvalue weighted by atomic mass is 127. The van der Waals surface area contributed by atoms with Gasteiger partial charge in [0, 0.05) is 22.3 Å². The maximum atomic E-state index is 12.6. The standard InChI is InChI=1S/C20H18IN3O2/c21-15-5-9-17(10-6-15)24-20(26)18(19(25)22-24)13-14-3-7-16(8-4-14)23-11-1-2-12-23/h3-10,13H,1-2,11-12H2,(H,22,25). The van der Waals surface area contributed by atoms with Gasteiger partial charge in [0.05, 0.1) is 5.69 Å². The molecule has 5 nitrogen and oxygen atoms in total. The molecule has 2 heterocycles. The molecular weight excluding hydrogens is 441 g/mol. The zero-order valence-electron chi connectivity index (χ0n) is 14.1. The Hall–Kier alpha value is -2.35. The lowest BCUT2D eigenvalue weighted by Gasteiger charge is -2.17.